The van der Waals surface area contributed by atoms with Crippen molar-refractivity contribution in [3.63, 3.8) is 0 Å². The van der Waals surface area contributed by atoms with Crippen LogP contribution < -0.4 is 10.0 Å². The minimum absolute atomic E-state index is 0.197. The first-order chi connectivity index (χ1) is 12.4. The Labute approximate surface area is 155 Å². The van der Waals surface area contributed by atoms with E-state index in [1.807, 2.05) is 31.2 Å². The van der Waals surface area contributed by atoms with E-state index >= 15 is 0 Å². The second-order valence-electron chi connectivity index (χ2n) is 6.89. The molecule has 0 aromatic heterocycles. The van der Waals surface area contributed by atoms with Crippen LogP contribution in [0.15, 0.2) is 48.5 Å². The minimum atomic E-state index is -3.21. The molecule has 2 atom stereocenters. The van der Waals surface area contributed by atoms with Gasteiger partial charge in [0, 0.05) is 25.6 Å². The van der Waals surface area contributed by atoms with Crippen molar-refractivity contribution in [2.24, 2.45) is 0 Å². The van der Waals surface area contributed by atoms with Crippen LogP contribution in [0.5, 0.6) is 0 Å². The number of ether oxygens (including phenoxy) is 1. The molecular weight excluding hydrogens is 348 g/mol. The highest BCUT2D eigenvalue weighted by Crippen LogP contribution is 2.20. The highest BCUT2D eigenvalue weighted by atomic mass is 32.2. The summed E-state index contributed by atoms with van der Waals surface area (Å²) in [6, 6.07) is 16.2. The number of nitrogens with one attached hydrogen (secondary N) is 2. The molecule has 1 aliphatic heterocycles. The summed E-state index contributed by atoms with van der Waals surface area (Å²) in [5.41, 5.74) is 4.78. The zero-order valence-corrected chi connectivity index (χ0v) is 16.1. The molecule has 140 valence electrons. The van der Waals surface area contributed by atoms with E-state index in [4.69, 9.17) is 4.74 Å². The monoisotopic (exact) mass is 374 g/mol. The van der Waals surface area contributed by atoms with Gasteiger partial charge in [0.15, 0.2) is 0 Å². The van der Waals surface area contributed by atoms with Gasteiger partial charge in [0.1, 0.15) is 0 Å². The average molecular weight is 375 g/mol. The van der Waals surface area contributed by atoms with Crippen molar-refractivity contribution in [2.75, 3.05) is 12.8 Å². The molecule has 1 unspecified atom stereocenters. The van der Waals surface area contributed by atoms with Crippen molar-refractivity contribution >= 4 is 10.0 Å². The van der Waals surface area contributed by atoms with Gasteiger partial charge >= 0.3 is 0 Å². The molecule has 2 aromatic carbocycles. The maximum absolute atomic E-state index is 11.3. The van der Waals surface area contributed by atoms with Gasteiger partial charge in [-0.15, -0.1) is 0 Å². The quantitative estimate of drug-likeness (QED) is 0.782. The summed E-state index contributed by atoms with van der Waals surface area (Å²) in [5.74, 6) is 0. The molecule has 2 aromatic rings. The van der Waals surface area contributed by atoms with Crippen LogP contribution in [0.3, 0.4) is 0 Å². The van der Waals surface area contributed by atoms with Crippen LogP contribution in [0.4, 0.5) is 0 Å². The Hall–Kier alpha value is -1.73. The van der Waals surface area contributed by atoms with E-state index in [2.05, 4.69) is 34.3 Å². The van der Waals surface area contributed by atoms with E-state index in [0.29, 0.717) is 6.61 Å². The third-order valence-electron chi connectivity index (χ3n) is 4.61. The van der Waals surface area contributed by atoms with E-state index < -0.39 is 10.0 Å². The normalized spacial score (nSPS) is 18.3. The maximum atomic E-state index is 11.3. The summed E-state index contributed by atoms with van der Waals surface area (Å²) in [7, 11) is -3.21. The zero-order chi connectivity index (χ0) is 18.6. The molecule has 0 bridgehead atoms. The van der Waals surface area contributed by atoms with Crippen molar-refractivity contribution in [2.45, 2.75) is 38.6 Å². The molecular formula is C20H26N2O3S. The van der Waals surface area contributed by atoms with Gasteiger partial charge in [-0.25, -0.2) is 13.1 Å². The van der Waals surface area contributed by atoms with Crippen LogP contribution in [-0.4, -0.2) is 27.3 Å². The van der Waals surface area contributed by atoms with E-state index in [1.165, 1.54) is 17.4 Å². The SMILES string of the molecule is C[C@@H](NS(C)(=O)=O)c1ccc(CNCC2Cc3ccccc3CO2)cc1. The third kappa shape index (κ3) is 5.38. The molecule has 0 amide bonds. The Morgan fingerprint density at radius 2 is 1.81 bits per heavy atom. The lowest BCUT2D eigenvalue weighted by Crippen LogP contribution is -2.33. The van der Waals surface area contributed by atoms with E-state index in [-0.39, 0.29) is 12.1 Å². The summed E-state index contributed by atoms with van der Waals surface area (Å²) in [6.45, 7) is 4.09. The number of fused-ring (bicyclic) bond motifs is 1. The molecule has 0 aliphatic carbocycles. The van der Waals surface area contributed by atoms with E-state index in [1.54, 1.807) is 0 Å². The van der Waals surface area contributed by atoms with Gasteiger partial charge in [0.05, 0.1) is 19.0 Å². The van der Waals surface area contributed by atoms with Crippen molar-refractivity contribution < 1.29 is 13.2 Å². The van der Waals surface area contributed by atoms with Gasteiger partial charge < -0.3 is 10.1 Å². The number of rotatable bonds is 7. The van der Waals surface area contributed by atoms with Crippen molar-refractivity contribution in [3.8, 4) is 0 Å². The minimum Gasteiger partial charge on any atom is -0.372 e. The molecule has 2 N–H and O–H groups in total. The molecule has 0 fully saturated rings. The summed E-state index contributed by atoms with van der Waals surface area (Å²) in [6.07, 6.45) is 2.31. The molecule has 0 saturated carbocycles. The first-order valence-electron chi connectivity index (χ1n) is 8.86. The number of hydrogen-bond donors (Lipinski definition) is 2. The maximum Gasteiger partial charge on any atom is 0.209 e. The van der Waals surface area contributed by atoms with Crippen molar-refractivity contribution in [3.05, 3.63) is 70.8 Å². The molecule has 6 heteroatoms. The highest BCUT2D eigenvalue weighted by molar-refractivity contribution is 7.88. The number of hydrogen-bond acceptors (Lipinski definition) is 4. The Morgan fingerprint density at radius 1 is 1.12 bits per heavy atom. The Kier molecular flexibility index (Phi) is 6.09. The summed E-state index contributed by atoms with van der Waals surface area (Å²) in [4.78, 5) is 0. The second-order valence-corrected chi connectivity index (χ2v) is 8.67. The molecule has 0 spiro atoms. The van der Waals surface area contributed by atoms with Gasteiger partial charge in [-0.05, 0) is 29.2 Å². The van der Waals surface area contributed by atoms with Crippen LogP contribution >= 0.6 is 0 Å². The highest BCUT2D eigenvalue weighted by Gasteiger charge is 2.18. The molecule has 1 heterocycles. The van der Waals surface area contributed by atoms with Gasteiger partial charge in [-0.1, -0.05) is 48.5 Å². The van der Waals surface area contributed by atoms with Crippen LogP contribution in [0.1, 0.15) is 35.2 Å². The van der Waals surface area contributed by atoms with E-state index in [0.717, 1.165) is 30.6 Å². The Morgan fingerprint density at radius 3 is 2.50 bits per heavy atom. The molecule has 5 nitrogen and oxygen atoms in total. The standard InChI is InChI=1S/C20H26N2O3S/c1-15(22-26(2,23)24)17-9-7-16(8-10-17)12-21-13-20-11-18-5-3-4-6-19(18)14-25-20/h3-10,15,20-22H,11-14H2,1-2H3/t15-,20?/m1/s1. The first kappa shape index (κ1) is 19.0. The molecule has 3 rings (SSSR count). The van der Waals surface area contributed by atoms with Crippen LogP contribution in [0.25, 0.3) is 0 Å². The molecule has 0 radical (unpaired) electrons. The predicted molar refractivity (Wildman–Crippen MR) is 103 cm³/mol. The summed E-state index contributed by atoms with van der Waals surface area (Å²) >= 11 is 0. The van der Waals surface area contributed by atoms with E-state index in [9.17, 15) is 8.42 Å². The summed E-state index contributed by atoms with van der Waals surface area (Å²) < 4.78 is 31.1. The largest absolute Gasteiger partial charge is 0.372 e. The molecule has 0 saturated heterocycles. The van der Waals surface area contributed by atoms with Crippen LogP contribution in [-0.2, 0) is 34.3 Å². The lowest BCUT2D eigenvalue weighted by Gasteiger charge is -2.25. The Bertz CT molecular complexity index is 834. The van der Waals surface area contributed by atoms with Crippen molar-refractivity contribution in [1.82, 2.24) is 10.0 Å². The van der Waals surface area contributed by atoms with Gasteiger partial charge in [0.2, 0.25) is 10.0 Å². The van der Waals surface area contributed by atoms with Crippen LogP contribution in [0.2, 0.25) is 0 Å². The van der Waals surface area contributed by atoms with Crippen molar-refractivity contribution in [1.29, 1.82) is 0 Å². The van der Waals surface area contributed by atoms with Crippen LogP contribution in [0, 0.1) is 0 Å². The van der Waals surface area contributed by atoms with Gasteiger partial charge in [-0.3, -0.25) is 0 Å². The Balaban J connectivity index is 1.47. The fraction of sp³-hybridized carbons (Fsp3) is 0.400. The lowest BCUT2D eigenvalue weighted by atomic mass is 9.99. The lowest BCUT2D eigenvalue weighted by molar-refractivity contribution is 0.0288. The molecule has 26 heavy (non-hydrogen) atoms. The third-order valence-corrected chi connectivity index (χ3v) is 5.39. The van der Waals surface area contributed by atoms with Gasteiger partial charge in [0.25, 0.3) is 0 Å². The second kappa shape index (κ2) is 8.31. The number of sulfonamides is 1. The average Bonchev–Trinajstić information content (AvgIpc) is 2.61. The zero-order valence-electron chi connectivity index (χ0n) is 15.2. The fourth-order valence-corrected chi connectivity index (χ4v) is 4.01. The number of benzene rings is 2. The first-order valence-corrected chi connectivity index (χ1v) is 10.7. The fourth-order valence-electron chi connectivity index (χ4n) is 3.23. The topological polar surface area (TPSA) is 67.4 Å². The molecule has 1 aliphatic rings. The van der Waals surface area contributed by atoms with Gasteiger partial charge in [-0.2, -0.15) is 0 Å². The summed E-state index contributed by atoms with van der Waals surface area (Å²) in [5, 5.41) is 3.45. The smallest absolute Gasteiger partial charge is 0.209 e. The predicted octanol–water partition coefficient (Wildman–Crippen LogP) is 2.53.